The molecule has 0 saturated carbocycles. The maximum absolute atomic E-state index is 3.99. The first-order chi connectivity index (χ1) is 64.9. The van der Waals surface area contributed by atoms with Crippen molar-refractivity contribution < 1.29 is 0 Å². The molecule has 6 aliphatic carbocycles. The Morgan fingerprint density at radius 2 is 0.634 bits per heavy atom. The minimum Gasteiger partial charge on any atom is -0.103 e. The molecule has 0 radical (unpaired) electrons. The van der Waals surface area contributed by atoms with E-state index in [9.17, 15) is 0 Å². The van der Waals surface area contributed by atoms with Crippen LogP contribution in [-0.4, -0.2) is 0 Å². The molecule has 0 heteroatoms. The molecular formula is C134H152. The zero-order chi connectivity index (χ0) is 94.7. The number of allylic oxidation sites excluding steroid dienone is 7. The van der Waals surface area contributed by atoms with Gasteiger partial charge in [-0.15, -0.1) is 32.9 Å². The third-order valence-corrected chi connectivity index (χ3v) is 29.4. The highest BCUT2D eigenvalue weighted by atomic mass is 14.5. The third-order valence-electron chi connectivity index (χ3n) is 29.4. The number of benzene rings is 13. The van der Waals surface area contributed by atoms with Gasteiger partial charge in [-0.2, -0.15) is 0 Å². The molecule has 0 aromatic heterocycles. The summed E-state index contributed by atoms with van der Waals surface area (Å²) >= 11 is 0. The Labute approximate surface area is 809 Å². The van der Waals surface area contributed by atoms with Crippen molar-refractivity contribution in [3.63, 3.8) is 0 Å². The summed E-state index contributed by atoms with van der Waals surface area (Å²) < 4.78 is 0. The van der Waals surface area contributed by atoms with Crippen molar-refractivity contribution in [1.82, 2.24) is 0 Å². The average Bonchev–Trinajstić information content (AvgIpc) is 1.55. The van der Waals surface area contributed by atoms with Gasteiger partial charge in [0.05, 0.1) is 0 Å². The summed E-state index contributed by atoms with van der Waals surface area (Å²) in [5, 5.41) is 0. The fraction of sp³-hybridized carbons (Fsp3) is 0.328. The first-order valence-corrected chi connectivity index (χ1v) is 51.0. The number of unbranched alkanes of at least 4 members (excludes halogenated alkanes) is 10. The number of fused-ring (bicyclic) bond motifs is 18. The van der Waals surface area contributed by atoms with Crippen molar-refractivity contribution >= 4 is 0 Å². The van der Waals surface area contributed by atoms with Gasteiger partial charge in [-0.05, 0) is 368 Å². The van der Waals surface area contributed by atoms with Crippen LogP contribution in [0.25, 0.3) is 66.8 Å². The van der Waals surface area contributed by atoms with E-state index in [1.165, 1.54) is 301 Å². The molecule has 0 saturated heterocycles. The predicted molar refractivity (Wildman–Crippen MR) is 585 cm³/mol. The highest BCUT2D eigenvalue weighted by Gasteiger charge is 2.45. The molecular weight excluding hydrogens is 1610 g/mol. The lowest BCUT2D eigenvalue weighted by Gasteiger charge is -2.34. The highest BCUT2D eigenvalue weighted by molar-refractivity contribution is 5.86. The lowest BCUT2D eigenvalue weighted by atomic mass is 9.68. The molecule has 0 unspecified atom stereocenters. The maximum atomic E-state index is 3.99. The Bertz CT molecular complexity index is 6120. The van der Waals surface area contributed by atoms with Crippen LogP contribution in [0.1, 0.15) is 329 Å². The van der Waals surface area contributed by atoms with E-state index in [-0.39, 0.29) is 5.41 Å². The van der Waals surface area contributed by atoms with Gasteiger partial charge in [-0.3, -0.25) is 0 Å². The van der Waals surface area contributed by atoms with Gasteiger partial charge in [-0.25, -0.2) is 0 Å². The normalized spacial score (nSPS) is 13.0. The summed E-state index contributed by atoms with van der Waals surface area (Å²) in [4.78, 5) is 0. The Morgan fingerprint density at radius 1 is 0.284 bits per heavy atom. The van der Waals surface area contributed by atoms with Gasteiger partial charge in [0.1, 0.15) is 0 Å². The van der Waals surface area contributed by atoms with Gasteiger partial charge < -0.3 is 0 Å². The number of rotatable bonds is 30. The number of hydrogen-bond donors (Lipinski definition) is 0. The van der Waals surface area contributed by atoms with E-state index in [4.69, 9.17) is 0 Å². The molecule has 0 nitrogen and oxygen atoms in total. The minimum absolute atomic E-state index is 0.0769. The molecule has 19 rings (SSSR count). The van der Waals surface area contributed by atoms with Crippen molar-refractivity contribution in [1.29, 1.82) is 0 Å². The van der Waals surface area contributed by atoms with Crippen LogP contribution >= 0.6 is 0 Å². The lowest BCUT2D eigenvalue weighted by Crippen LogP contribution is -2.27. The van der Waals surface area contributed by atoms with Crippen LogP contribution in [0.15, 0.2) is 312 Å². The topological polar surface area (TPSA) is 0 Å². The van der Waals surface area contributed by atoms with Gasteiger partial charge in [0, 0.05) is 29.1 Å². The van der Waals surface area contributed by atoms with Crippen molar-refractivity contribution in [2.45, 2.75) is 287 Å². The molecule has 6 aliphatic rings. The monoisotopic (exact) mass is 1760 g/mol. The zero-order valence-corrected chi connectivity index (χ0v) is 84.3. The summed E-state index contributed by atoms with van der Waals surface area (Å²) in [6.45, 7) is 52.3. The van der Waals surface area contributed by atoms with Crippen LogP contribution in [0, 0.1) is 83.1 Å². The SMILES string of the molecule is C=CCCCC1(c2ccc(CCCCCC)cc2)c2cc(C)ccc2-c2ccc(C)cc21.C=CCCCC1c2cc(C)ccc2-c2ccc(C)cc21.C=CCCCC1c2ccc(C)cc2-c2cc(C)ccc21.C=CCCCCCCC1c2cc(C)ccc2-c2ccc(C)cc21.C=CCCc1cc2c(cc1C)Cc1cc(C)ccc1-2.CC(C)=CCC1c2cc(C)ccc2-c2ccc(C)cc21. The largest absolute Gasteiger partial charge is 0.103 e. The van der Waals surface area contributed by atoms with Crippen molar-refractivity contribution in [2.75, 3.05) is 0 Å². The van der Waals surface area contributed by atoms with Crippen molar-refractivity contribution in [3.8, 4) is 66.8 Å². The quantitative estimate of drug-likeness (QED) is 0.0311. The summed E-state index contributed by atoms with van der Waals surface area (Å²) in [7, 11) is 0. The summed E-state index contributed by atoms with van der Waals surface area (Å²) in [5.41, 5.74) is 57.4. The first kappa shape index (κ1) is 98.3. The molecule has 13 aromatic carbocycles. The van der Waals surface area contributed by atoms with E-state index < -0.39 is 0 Å². The maximum Gasteiger partial charge on any atom is 0.0463 e. The van der Waals surface area contributed by atoms with Crippen LogP contribution < -0.4 is 0 Å². The molecule has 688 valence electrons. The van der Waals surface area contributed by atoms with Crippen LogP contribution in [0.5, 0.6) is 0 Å². The van der Waals surface area contributed by atoms with Crippen molar-refractivity contribution in [2.24, 2.45) is 0 Å². The second kappa shape index (κ2) is 46.0. The first-order valence-electron chi connectivity index (χ1n) is 51.0. The summed E-state index contributed by atoms with van der Waals surface area (Å²) in [5.74, 6) is 2.26. The molecule has 0 amide bonds. The number of hydrogen-bond acceptors (Lipinski definition) is 0. The van der Waals surface area contributed by atoms with Crippen molar-refractivity contribution in [3.05, 3.63) is 462 Å². The van der Waals surface area contributed by atoms with Gasteiger partial charge in [0.2, 0.25) is 0 Å². The second-order valence-electron chi connectivity index (χ2n) is 40.5. The standard InChI is InChI=1S/C32H38.C23H28.3C20H22.C19H20/c1-5-7-9-10-12-26-15-17-27(18-16-26)32(21-11-8-6-2)30-22-24(3)13-19-28(30)29-20-14-25(4)23-31(29)32;1-4-5-6-7-8-9-10-19-22-15-17(2)11-13-20(22)21-14-12-18(3)16-23(19)21;1-13(2)5-8-18-19-11-14(3)6-9-16(19)17-10-7-15(4)12-20(17)18;1-4-5-6-7-16-19-12-14(2)8-10-17(19)18-11-9-15(3)13-20(16)18;1-4-5-6-7-16-17-10-8-14(2)12-19(17)20-13-15(3)9-11-18(16)20;1-4-5-6-15-12-19-17(10-14(15)3)11-16-9-13(2)7-8-18(16)19/h6,13-20,22-23H,2,5,7-12,21H2,1,3-4H3;4,11-16,19H,1,5-10H2,2-3H3;5-7,9-12,18H,8H2,1-4H3;2*4,8-13,16H,1,5-7H2,2-3H3;4,7-10,12H,1,5-6,11H2,2-3H3. The van der Waals surface area contributed by atoms with Crippen LogP contribution in [0.4, 0.5) is 0 Å². The van der Waals surface area contributed by atoms with Crippen LogP contribution in [0.3, 0.4) is 0 Å². The van der Waals surface area contributed by atoms with E-state index in [2.05, 4.69) is 385 Å². The molecule has 0 spiro atoms. The van der Waals surface area contributed by atoms with Gasteiger partial charge in [-0.1, -0.05) is 385 Å². The minimum atomic E-state index is -0.0769. The molecule has 13 aromatic rings. The van der Waals surface area contributed by atoms with E-state index in [0.717, 1.165) is 64.2 Å². The Balaban J connectivity index is 0.000000130. The van der Waals surface area contributed by atoms with Crippen LogP contribution in [0.2, 0.25) is 0 Å². The molecule has 0 bridgehead atoms. The molecule has 134 heavy (non-hydrogen) atoms. The lowest BCUT2D eigenvalue weighted by molar-refractivity contribution is 0.547. The highest BCUT2D eigenvalue weighted by Crippen LogP contribution is 2.57. The molecule has 0 N–H and O–H groups in total. The zero-order valence-electron chi connectivity index (χ0n) is 84.3. The second-order valence-corrected chi connectivity index (χ2v) is 40.5. The van der Waals surface area contributed by atoms with Gasteiger partial charge in [0.25, 0.3) is 0 Å². The van der Waals surface area contributed by atoms with E-state index in [1.54, 1.807) is 11.1 Å². The smallest absolute Gasteiger partial charge is 0.0463 e. The van der Waals surface area contributed by atoms with Crippen LogP contribution in [-0.2, 0) is 24.7 Å². The number of aryl methyl sites for hydroxylation is 14. The fourth-order valence-electron chi connectivity index (χ4n) is 22.5. The third kappa shape index (κ3) is 22.8. The summed E-state index contributed by atoms with van der Waals surface area (Å²) in [6, 6.07) is 90.7. The Hall–Kier alpha value is -11.7. The van der Waals surface area contributed by atoms with E-state index >= 15 is 0 Å². The molecule has 0 heterocycles. The molecule has 0 fully saturated rings. The fourth-order valence-corrected chi connectivity index (χ4v) is 22.5. The average molecular weight is 1760 g/mol. The predicted octanol–water partition coefficient (Wildman–Crippen LogP) is 38.3. The van der Waals surface area contributed by atoms with Gasteiger partial charge in [0.15, 0.2) is 0 Å². The van der Waals surface area contributed by atoms with E-state index in [0.29, 0.717) is 23.7 Å². The summed E-state index contributed by atoms with van der Waals surface area (Å²) in [6.07, 6.45) is 41.5. The Morgan fingerprint density at radius 3 is 1.07 bits per heavy atom. The molecule has 0 atom stereocenters. The molecule has 0 aliphatic heterocycles. The van der Waals surface area contributed by atoms with E-state index in [1.807, 2.05) is 24.3 Å². The van der Waals surface area contributed by atoms with Gasteiger partial charge >= 0.3 is 0 Å². The Kier molecular flexibility index (Phi) is 33.8.